The van der Waals surface area contributed by atoms with Gasteiger partial charge in [0.1, 0.15) is 0 Å². The van der Waals surface area contributed by atoms with Crippen molar-refractivity contribution in [3.05, 3.63) is 18.2 Å². The van der Waals surface area contributed by atoms with E-state index < -0.39 is 11.9 Å². The van der Waals surface area contributed by atoms with Crippen LogP contribution in [-0.4, -0.2) is 32.3 Å². The summed E-state index contributed by atoms with van der Waals surface area (Å²) in [6, 6.07) is 0. The van der Waals surface area contributed by atoms with E-state index in [0.29, 0.717) is 12.8 Å². The lowest BCUT2D eigenvalue weighted by atomic mass is 9.87. The molecule has 2 atom stereocenters. The van der Waals surface area contributed by atoms with E-state index >= 15 is 0 Å². The zero-order valence-corrected chi connectivity index (χ0v) is 9.63. The lowest BCUT2D eigenvalue weighted by Gasteiger charge is -2.20. The first-order valence-electron chi connectivity index (χ1n) is 5.39. The summed E-state index contributed by atoms with van der Waals surface area (Å²) in [5, 5.41) is 18.3. The Bertz CT molecular complexity index is 349. The third kappa shape index (κ3) is 2.82. The van der Waals surface area contributed by atoms with Gasteiger partial charge in [0.15, 0.2) is 0 Å². The van der Waals surface area contributed by atoms with Crippen LogP contribution in [0.25, 0.3) is 0 Å². The molecule has 0 aliphatic rings. The molecule has 0 aromatic carbocycles. The number of aromatic nitrogens is 2. The predicted octanol–water partition coefficient (Wildman–Crippen LogP) is 0.682. The first kappa shape index (κ1) is 12.7. The van der Waals surface area contributed by atoms with Crippen molar-refractivity contribution in [2.75, 3.05) is 6.61 Å². The first-order chi connectivity index (χ1) is 7.60. The van der Waals surface area contributed by atoms with Gasteiger partial charge in [0.2, 0.25) is 0 Å². The lowest BCUT2D eigenvalue weighted by molar-refractivity contribution is -0.144. The van der Waals surface area contributed by atoms with Gasteiger partial charge in [0.25, 0.3) is 0 Å². The van der Waals surface area contributed by atoms with Crippen LogP contribution in [0.2, 0.25) is 0 Å². The average molecular weight is 226 g/mol. The Morgan fingerprint density at radius 1 is 1.62 bits per heavy atom. The predicted molar refractivity (Wildman–Crippen MR) is 58.9 cm³/mol. The molecule has 5 nitrogen and oxygen atoms in total. The Morgan fingerprint density at radius 2 is 2.31 bits per heavy atom. The van der Waals surface area contributed by atoms with E-state index in [1.807, 2.05) is 18.5 Å². The van der Waals surface area contributed by atoms with Gasteiger partial charge in [-0.1, -0.05) is 6.92 Å². The Balaban J connectivity index is 2.75. The summed E-state index contributed by atoms with van der Waals surface area (Å²) < 4.78 is 1.84. The van der Waals surface area contributed by atoms with Crippen LogP contribution in [0.3, 0.4) is 0 Å². The summed E-state index contributed by atoms with van der Waals surface area (Å²) >= 11 is 0. The molecule has 0 saturated carbocycles. The molecule has 0 fully saturated rings. The summed E-state index contributed by atoms with van der Waals surface area (Å²) in [5.74, 6) is -1.60. The first-order valence-corrected chi connectivity index (χ1v) is 5.39. The number of hydrogen-bond acceptors (Lipinski definition) is 3. The van der Waals surface area contributed by atoms with Crippen molar-refractivity contribution in [3.63, 3.8) is 0 Å². The number of aryl methyl sites for hydroxylation is 1. The van der Waals surface area contributed by atoms with Crippen molar-refractivity contribution in [2.24, 2.45) is 18.9 Å². The number of rotatable bonds is 6. The number of aliphatic hydroxyl groups is 1. The van der Waals surface area contributed by atoms with Crippen LogP contribution in [0, 0.1) is 11.8 Å². The van der Waals surface area contributed by atoms with Crippen molar-refractivity contribution in [1.29, 1.82) is 0 Å². The summed E-state index contributed by atoms with van der Waals surface area (Å²) in [7, 11) is 1.86. The molecule has 1 aromatic heterocycles. The van der Waals surface area contributed by atoms with E-state index in [0.717, 1.165) is 5.69 Å². The Hall–Kier alpha value is -1.36. The zero-order chi connectivity index (χ0) is 12.1. The fourth-order valence-corrected chi connectivity index (χ4v) is 1.89. The number of aliphatic carboxylic acids is 1. The fourth-order valence-electron chi connectivity index (χ4n) is 1.89. The van der Waals surface area contributed by atoms with Gasteiger partial charge in [0, 0.05) is 31.5 Å². The van der Waals surface area contributed by atoms with Crippen molar-refractivity contribution >= 4 is 5.97 Å². The molecule has 0 amide bonds. The van der Waals surface area contributed by atoms with Gasteiger partial charge in [-0.05, 0) is 12.8 Å². The molecule has 1 rings (SSSR count). The molecule has 2 N–H and O–H groups in total. The van der Waals surface area contributed by atoms with Gasteiger partial charge in [0.05, 0.1) is 12.2 Å². The lowest BCUT2D eigenvalue weighted by Crippen LogP contribution is -2.28. The Kier molecular flexibility index (Phi) is 4.49. The SMILES string of the molecule is CC[C@H](C(=O)O)[C@@H](CO)Cc1cncn1C. The maximum absolute atomic E-state index is 11.0. The number of carboxylic acids is 1. The van der Waals surface area contributed by atoms with Crippen LogP contribution < -0.4 is 0 Å². The van der Waals surface area contributed by atoms with E-state index in [-0.39, 0.29) is 12.5 Å². The molecular formula is C11H18N2O3. The quantitative estimate of drug-likeness (QED) is 0.748. The minimum Gasteiger partial charge on any atom is -0.481 e. The van der Waals surface area contributed by atoms with Crippen LogP contribution >= 0.6 is 0 Å². The Morgan fingerprint density at radius 3 is 2.69 bits per heavy atom. The minimum absolute atomic E-state index is 0.115. The molecule has 90 valence electrons. The van der Waals surface area contributed by atoms with Gasteiger partial charge < -0.3 is 14.8 Å². The second-order valence-corrected chi connectivity index (χ2v) is 4.00. The van der Waals surface area contributed by atoms with Gasteiger partial charge in [-0.2, -0.15) is 0 Å². The molecule has 0 bridgehead atoms. The van der Waals surface area contributed by atoms with Crippen molar-refractivity contribution in [1.82, 2.24) is 9.55 Å². The number of hydrogen-bond donors (Lipinski definition) is 2. The molecule has 1 heterocycles. The van der Waals surface area contributed by atoms with Crippen LogP contribution in [0.15, 0.2) is 12.5 Å². The molecule has 0 radical (unpaired) electrons. The van der Waals surface area contributed by atoms with E-state index in [4.69, 9.17) is 5.11 Å². The molecule has 5 heteroatoms. The van der Waals surface area contributed by atoms with Crippen LogP contribution in [-0.2, 0) is 18.3 Å². The molecule has 0 aliphatic heterocycles. The zero-order valence-electron chi connectivity index (χ0n) is 9.63. The number of carbonyl (C=O) groups is 1. The van der Waals surface area contributed by atoms with Crippen molar-refractivity contribution < 1.29 is 15.0 Å². The van der Waals surface area contributed by atoms with Crippen LogP contribution in [0.4, 0.5) is 0 Å². The Labute approximate surface area is 94.7 Å². The van der Waals surface area contributed by atoms with Gasteiger partial charge in [-0.3, -0.25) is 4.79 Å². The number of carboxylic acid groups (broad SMARTS) is 1. The number of nitrogens with zero attached hydrogens (tertiary/aromatic N) is 2. The summed E-state index contributed by atoms with van der Waals surface area (Å²) in [6.45, 7) is 1.71. The van der Waals surface area contributed by atoms with E-state index in [9.17, 15) is 9.90 Å². The highest BCUT2D eigenvalue weighted by Crippen LogP contribution is 2.20. The minimum atomic E-state index is -0.844. The standard InChI is InChI=1S/C11H18N2O3/c1-3-10(11(15)16)8(6-14)4-9-5-12-7-13(9)2/h5,7-8,10,14H,3-4,6H2,1-2H3,(H,15,16)/t8-,10+/m1/s1. The molecule has 0 spiro atoms. The number of imidazole rings is 1. The molecule has 0 unspecified atom stereocenters. The summed E-state index contributed by atoms with van der Waals surface area (Å²) in [4.78, 5) is 15.0. The highest BCUT2D eigenvalue weighted by Gasteiger charge is 2.26. The van der Waals surface area contributed by atoms with Gasteiger partial charge in [-0.25, -0.2) is 4.98 Å². The molecular weight excluding hydrogens is 208 g/mol. The number of aliphatic hydroxyl groups excluding tert-OH is 1. The molecule has 1 aromatic rings. The van der Waals surface area contributed by atoms with Gasteiger partial charge in [-0.15, -0.1) is 0 Å². The fraction of sp³-hybridized carbons (Fsp3) is 0.636. The van der Waals surface area contributed by atoms with Crippen molar-refractivity contribution in [2.45, 2.75) is 19.8 Å². The summed E-state index contributed by atoms with van der Waals surface area (Å²) in [5.41, 5.74) is 0.943. The third-order valence-corrected chi connectivity index (χ3v) is 2.95. The van der Waals surface area contributed by atoms with Gasteiger partial charge >= 0.3 is 5.97 Å². The second-order valence-electron chi connectivity index (χ2n) is 4.00. The average Bonchev–Trinajstić information content (AvgIpc) is 2.63. The van der Waals surface area contributed by atoms with E-state index in [1.165, 1.54) is 0 Å². The largest absolute Gasteiger partial charge is 0.481 e. The van der Waals surface area contributed by atoms with E-state index in [2.05, 4.69) is 4.98 Å². The maximum Gasteiger partial charge on any atom is 0.306 e. The maximum atomic E-state index is 11.0. The van der Waals surface area contributed by atoms with Crippen LogP contribution in [0.1, 0.15) is 19.0 Å². The normalized spacial score (nSPS) is 14.7. The van der Waals surface area contributed by atoms with Crippen molar-refractivity contribution in [3.8, 4) is 0 Å². The van der Waals surface area contributed by atoms with E-state index in [1.54, 1.807) is 12.5 Å². The topological polar surface area (TPSA) is 75.3 Å². The molecule has 0 saturated heterocycles. The highest BCUT2D eigenvalue weighted by atomic mass is 16.4. The molecule has 0 aliphatic carbocycles. The van der Waals surface area contributed by atoms with Crippen LogP contribution in [0.5, 0.6) is 0 Å². The second kappa shape index (κ2) is 5.65. The highest BCUT2D eigenvalue weighted by molar-refractivity contribution is 5.70. The third-order valence-electron chi connectivity index (χ3n) is 2.95. The summed E-state index contributed by atoms with van der Waals surface area (Å²) in [6.07, 6.45) is 4.44. The molecule has 16 heavy (non-hydrogen) atoms. The smallest absolute Gasteiger partial charge is 0.306 e. The monoisotopic (exact) mass is 226 g/mol.